The van der Waals surface area contributed by atoms with E-state index in [-0.39, 0.29) is 29.6 Å². The molecule has 0 saturated carbocycles. The Labute approximate surface area is 219 Å². The Balaban J connectivity index is 1.69. The van der Waals surface area contributed by atoms with E-state index in [1.54, 1.807) is 31.3 Å². The molecule has 0 bridgehead atoms. The number of anilines is 1. The fourth-order valence-corrected chi connectivity index (χ4v) is 5.35. The van der Waals surface area contributed by atoms with Gasteiger partial charge in [-0.25, -0.2) is 9.78 Å². The highest BCUT2D eigenvalue weighted by atomic mass is 19.4. The number of rotatable bonds is 7. The number of nitriles is 1. The molecule has 1 fully saturated rings. The van der Waals surface area contributed by atoms with E-state index in [1.807, 2.05) is 0 Å². The summed E-state index contributed by atoms with van der Waals surface area (Å²) in [6.45, 7) is 7.49. The van der Waals surface area contributed by atoms with Crippen molar-refractivity contribution < 1.29 is 17.9 Å². The largest absolute Gasteiger partial charge is 0.573 e. The number of fused-ring (bicyclic) bond motifs is 1. The fraction of sp³-hybridized carbons (Fsp3) is 0.481. The minimum Gasteiger partial charge on any atom is -0.406 e. The van der Waals surface area contributed by atoms with Crippen molar-refractivity contribution in [1.29, 1.82) is 5.26 Å². The van der Waals surface area contributed by atoms with Crippen molar-refractivity contribution in [2.45, 2.75) is 64.5 Å². The Bertz CT molecular complexity index is 1380. The zero-order valence-electron chi connectivity index (χ0n) is 21.9. The van der Waals surface area contributed by atoms with E-state index in [4.69, 9.17) is 0 Å². The van der Waals surface area contributed by atoms with Gasteiger partial charge >= 0.3 is 12.1 Å². The Morgan fingerprint density at radius 2 is 1.74 bits per heavy atom. The van der Waals surface area contributed by atoms with Crippen LogP contribution in [-0.2, 0) is 7.05 Å². The molecule has 0 N–H and O–H groups in total. The van der Waals surface area contributed by atoms with E-state index < -0.39 is 12.1 Å². The van der Waals surface area contributed by atoms with Crippen LogP contribution in [0.2, 0.25) is 0 Å². The summed E-state index contributed by atoms with van der Waals surface area (Å²) >= 11 is 0. The average Bonchev–Trinajstić information content (AvgIpc) is 2.90. The van der Waals surface area contributed by atoms with Crippen LogP contribution in [0.1, 0.15) is 57.3 Å². The first-order valence-electron chi connectivity index (χ1n) is 12.8. The van der Waals surface area contributed by atoms with Gasteiger partial charge in [0.25, 0.3) is 0 Å². The summed E-state index contributed by atoms with van der Waals surface area (Å²) in [6, 6.07) is 11.6. The molecule has 0 aliphatic carbocycles. The molecule has 38 heavy (non-hydrogen) atoms. The van der Waals surface area contributed by atoms with Crippen LogP contribution in [0.15, 0.2) is 41.2 Å². The predicted molar refractivity (Wildman–Crippen MR) is 138 cm³/mol. The third-order valence-corrected chi connectivity index (χ3v) is 7.29. The molecule has 3 aromatic rings. The third kappa shape index (κ3) is 5.45. The molecule has 0 unspecified atom stereocenters. The monoisotopic (exact) mass is 528 g/mol. The second-order valence-corrected chi connectivity index (χ2v) is 9.47. The molecule has 4 rings (SSSR count). The number of halogens is 3. The van der Waals surface area contributed by atoms with Crippen molar-refractivity contribution in [3.8, 4) is 11.8 Å². The van der Waals surface area contributed by atoms with Gasteiger partial charge in [-0.15, -0.1) is 13.2 Å². The van der Waals surface area contributed by atoms with E-state index in [9.17, 15) is 23.2 Å². The van der Waals surface area contributed by atoms with Gasteiger partial charge in [-0.3, -0.25) is 9.47 Å². The van der Waals surface area contributed by atoms with E-state index >= 15 is 0 Å². The van der Waals surface area contributed by atoms with Crippen molar-refractivity contribution in [1.82, 2.24) is 19.4 Å². The van der Waals surface area contributed by atoms with Gasteiger partial charge in [0.1, 0.15) is 23.0 Å². The van der Waals surface area contributed by atoms with Crippen LogP contribution in [0.25, 0.3) is 11.0 Å². The molecule has 3 heterocycles. The molecule has 0 amide bonds. The fourth-order valence-electron chi connectivity index (χ4n) is 5.35. The second kappa shape index (κ2) is 11.0. The zero-order valence-corrected chi connectivity index (χ0v) is 21.9. The lowest BCUT2D eigenvalue weighted by Gasteiger charge is -2.49. The molecule has 202 valence electrons. The Kier molecular flexibility index (Phi) is 7.92. The van der Waals surface area contributed by atoms with Crippen LogP contribution in [0.3, 0.4) is 0 Å². The smallest absolute Gasteiger partial charge is 0.406 e. The van der Waals surface area contributed by atoms with Crippen LogP contribution < -0.4 is 15.3 Å². The highest BCUT2D eigenvalue weighted by Crippen LogP contribution is 2.35. The summed E-state index contributed by atoms with van der Waals surface area (Å²) in [6.07, 6.45) is -2.37. The van der Waals surface area contributed by atoms with Crippen LogP contribution in [0.5, 0.6) is 5.75 Å². The molecular weight excluding hydrogens is 497 g/mol. The summed E-state index contributed by atoms with van der Waals surface area (Å²) in [5, 5.41) is 9.42. The highest BCUT2D eigenvalue weighted by Gasteiger charge is 2.38. The maximum atomic E-state index is 12.8. The number of nitrogens with zero attached hydrogens (tertiary/aromatic N) is 6. The first-order chi connectivity index (χ1) is 18.1. The van der Waals surface area contributed by atoms with Crippen LogP contribution >= 0.6 is 0 Å². The average molecular weight is 529 g/mol. The lowest BCUT2D eigenvalue weighted by Crippen LogP contribution is -2.59. The standard InChI is InChI=1S/C27H31F3N6O2/c1-5-19-16-36(25-24-23(34(4)26(37)33-25)13-10-18(14-31)32-24)20(6-2)15-35(19)22(7-3)17-8-11-21(12-9-17)38-27(28,29)30/h8-13,19-20,22H,5-7,15-16H2,1-4H3/t19-,20+,22+/m1/s1. The minimum atomic E-state index is -4.73. The number of hydrogen-bond acceptors (Lipinski definition) is 7. The first-order valence-corrected chi connectivity index (χ1v) is 12.8. The third-order valence-electron chi connectivity index (χ3n) is 7.29. The van der Waals surface area contributed by atoms with Gasteiger partial charge in [0.15, 0.2) is 5.82 Å². The number of pyridine rings is 1. The number of aromatic nitrogens is 3. The number of ether oxygens (including phenoxy) is 1. The van der Waals surface area contributed by atoms with Crippen molar-refractivity contribution in [3.05, 3.63) is 58.1 Å². The van der Waals surface area contributed by atoms with Crippen LogP contribution in [-0.4, -0.2) is 51.0 Å². The molecule has 8 nitrogen and oxygen atoms in total. The summed E-state index contributed by atoms with van der Waals surface area (Å²) in [5.41, 5.74) is 1.90. The predicted octanol–water partition coefficient (Wildman–Crippen LogP) is 4.93. The molecule has 2 aromatic heterocycles. The number of hydrogen-bond donors (Lipinski definition) is 0. The molecule has 1 aliphatic rings. The first kappa shape index (κ1) is 27.4. The molecule has 0 radical (unpaired) electrons. The van der Waals surface area contributed by atoms with Gasteiger partial charge < -0.3 is 9.64 Å². The topological polar surface area (TPSA) is 87.3 Å². The Morgan fingerprint density at radius 1 is 1.05 bits per heavy atom. The van der Waals surface area contributed by atoms with Crippen molar-refractivity contribution in [2.75, 3.05) is 18.0 Å². The molecule has 1 saturated heterocycles. The quantitative estimate of drug-likeness (QED) is 0.430. The molecule has 0 spiro atoms. The normalized spacial score (nSPS) is 19.4. The van der Waals surface area contributed by atoms with Crippen LogP contribution in [0.4, 0.5) is 19.0 Å². The second-order valence-electron chi connectivity index (χ2n) is 9.47. The van der Waals surface area contributed by atoms with Gasteiger partial charge in [0.05, 0.1) is 5.52 Å². The molecular formula is C27H31F3N6O2. The maximum absolute atomic E-state index is 12.8. The molecule has 1 aliphatic heterocycles. The minimum absolute atomic E-state index is 0.00671. The zero-order chi connectivity index (χ0) is 27.6. The summed E-state index contributed by atoms with van der Waals surface area (Å²) < 4.78 is 43.3. The van der Waals surface area contributed by atoms with E-state index in [1.165, 1.54) is 16.7 Å². The molecule has 11 heteroatoms. The van der Waals surface area contributed by atoms with Gasteiger partial charge in [0.2, 0.25) is 0 Å². The van der Waals surface area contributed by atoms with Gasteiger partial charge in [-0.05, 0) is 49.1 Å². The summed E-state index contributed by atoms with van der Waals surface area (Å²) in [4.78, 5) is 26.2. The van der Waals surface area contributed by atoms with Crippen molar-refractivity contribution >= 4 is 16.9 Å². The van der Waals surface area contributed by atoms with E-state index in [0.717, 1.165) is 24.8 Å². The highest BCUT2D eigenvalue weighted by molar-refractivity contribution is 5.86. The van der Waals surface area contributed by atoms with Gasteiger partial charge in [-0.1, -0.05) is 32.9 Å². The number of benzene rings is 1. The van der Waals surface area contributed by atoms with Gasteiger partial charge in [-0.2, -0.15) is 10.2 Å². The molecule has 3 atom stereocenters. The van der Waals surface area contributed by atoms with Crippen molar-refractivity contribution in [2.24, 2.45) is 7.05 Å². The lowest BCUT2D eigenvalue weighted by molar-refractivity contribution is -0.274. The van der Waals surface area contributed by atoms with Crippen LogP contribution in [0, 0.1) is 11.3 Å². The lowest BCUT2D eigenvalue weighted by atomic mass is 9.95. The van der Waals surface area contributed by atoms with Gasteiger partial charge in [0, 0.05) is 38.3 Å². The summed E-state index contributed by atoms with van der Waals surface area (Å²) in [5.74, 6) is 0.235. The Hall–Kier alpha value is -3.65. The summed E-state index contributed by atoms with van der Waals surface area (Å²) in [7, 11) is 1.64. The van der Waals surface area contributed by atoms with E-state index in [2.05, 4.69) is 51.3 Å². The molecule has 1 aromatic carbocycles. The number of aryl methyl sites for hydroxylation is 1. The van der Waals surface area contributed by atoms with Crippen molar-refractivity contribution in [3.63, 3.8) is 0 Å². The SMILES string of the molecule is CC[C@H]1CN([C@@H](CC)c2ccc(OC(F)(F)F)cc2)[C@H](CC)CN1c1nc(=O)n(C)c2ccc(C#N)nc12. The number of piperazine rings is 1. The number of alkyl halides is 3. The Morgan fingerprint density at radius 3 is 2.32 bits per heavy atom. The maximum Gasteiger partial charge on any atom is 0.573 e. The van der Waals surface area contributed by atoms with E-state index in [0.29, 0.717) is 29.9 Å².